The summed E-state index contributed by atoms with van der Waals surface area (Å²) in [5.41, 5.74) is 1.28. The van der Waals surface area contributed by atoms with Crippen LogP contribution in [0.4, 0.5) is 0 Å². The van der Waals surface area contributed by atoms with E-state index in [-0.39, 0.29) is 0 Å². The third kappa shape index (κ3) is 3.53. The maximum atomic E-state index is 5.86. The molecule has 2 heteroatoms. The van der Waals surface area contributed by atoms with Crippen LogP contribution < -0.4 is 0 Å². The maximum Gasteiger partial charge on any atom is 0.0720 e. The fraction of sp³-hybridized carbons (Fsp3) is 0.571. The number of ether oxygens (including phenoxy) is 1. The molecule has 0 aliphatic heterocycles. The lowest BCUT2D eigenvalue weighted by Crippen LogP contribution is -2.34. The second-order valence-corrected chi connectivity index (χ2v) is 6.58. The molecule has 0 N–H and O–H groups in total. The van der Waals surface area contributed by atoms with Gasteiger partial charge in [0.15, 0.2) is 0 Å². The van der Waals surface area contributed by atoms with Gasteiger partial charge in [-0.05, 0) is 23.7 Å². The van der Waals surface area contributed by atoms with Crippen molar-refractivity contribution in [2.24, 2.45) is 0 Å². The summed E-state index contributed by atoms with van der Waals surface area (Å²) in [6.07, 6.45) is 2.96. The Morgan fingerprint density at radius 3 is 2.56 bits per heavy atom. The SMILES string of the molecule is CC(C)SC1CC(OCc2ccccc2)C1. The molecule has 0 unspecified atom stereocenters. The molecule has 0 heterocycles. The molecule has 1 fully saturated rings. The molecule has 0 radical (unpaired) electrons. The van der Waals surface area contributed by atoms with E-state index < -0.39 is 0 Å². The van der Waals surface area contributed by atoms with E-state index in [1.54, 1.807) is 0 Å². The van der Waals surface area contributed by atoms with Crippen LogP contribution in [-0.2, 0) is 11.3 Å². The van der Waals surface area contributed by atoms with Crippen LogP contribution in [0.2, 0.25) is 0 Å². The van der Waals surface area contributed by atoms with Crippen molar-refractivity contribution in [3.63, 3.8) is 0 Å². The lowest BCUT2D eigenvalue weighted by atomic mass is 9.95. The van der Waals surface area contributed by atoms with Gasteiger partial charge in [0.05, 0.1) is 12.7 Å². The van der Waals surface area contributed by atoms with Crippen molar-refractivity contribution < 1.29 is 4.74 Å². The maximum absolute atomic E-state index is 5.86. The van der Waals surface area contributed by atoms with Crippen LogP contribution in [0.3, 0.4) is 0 Å². The second-order valence-electron chi connectivity index (χ2n) is 4.70. The van der Waals surface area contributed by atoms with Gasteiger partial charge in [-0.25, -0.2) is 0 Å². The van der Waals surface area contributed by atoms with Crippen molar-refractivity contribution >= 4 is 11.8 Å². The van der Waals surface area contributed by atoms with E-state index >= 15 is 0 Å². The number of rotatable bonds is 5. The summed E-state index contributed by atoms with van der Waals surface area (Å²) < 4.78 is 5.86. The lowest BCUT2D eigenvalue weighted by molar-refractivity contribution is -0.00505. The first kappa shape index (κ1) is 12.0. The van der Waals surface area contributed by atoms with Crippen LogP contribution in [-0.4, -0.2) is 16.6 Å². The van der Waals surface area contributed by atoms with Crippen molar-refractivity contribution in [3.8, 4) is 0 Å². The standard InChI is InChI=1S/C14H20OS/c1-11(2)16-14-8-13(9-14)15-10-12-6-4-3-5-7-12/h3-7,11,13-14H,8-10H2,1-2H3. The fourth-order valence-corrected chi connectivity index (χ4v) is 3.36. The van der Waals surface area contributed by atoms with E-state index in [0.29, 0.717) is 6.10 Å². The zero-order chi connectivity index (χ0) is 11.4. The zero-order valence-corrected chi connectivity index (χ0v) is 10.9. The van der Waals surface area contributed by atoms with Gasteiger partial charge in [-0.3, -0.25) is 0 Å². The minimum absolute atomic E-state index is 0.497. The first-order chi connectivity index (χ1) is 7.74. The van der Waals surface area contributed by atoms with Crippen molar-refractivity contribution in [1.82, 2.24) is 0 Å². The highest BCUT2D eigenvalue weighted by atomic mass is 32.2. The second kappa shape index (κ2) is 5.74. The average Bonchev–Trinajstić information content (AvgIpc) is 2.22. The van der Waals surface area contributed by atoms with E-state index in [1.807, 2.05) is 6.07 Å². The van der Waals surface area contributed by atoms with Crippen molar-refractivity contribution in [2.75, 3.05) is 0 Å². The molecule has 0 aromatic heterocycles. The van der Waals surface area contributed by atoms with Crippen molar-refractivity contribution in [1.29, 1.82) is 0 Å². The van der Waals surface area contributed by atoms with E-state index in [2.05, 4.69) is 49.9 Å². The highest BCUT2D eigenvalue weighted by molar-refractivity contribution is 8.00. The molecule has 0 saturated heterocycles. The fourth-order valence-electron chi connectivity index (χ4n) is 1.94. The molecular weight excluding hydrogens is 216 g/mol. The van der Waals surface area contributed by atoms with Gasteiger partial charge in [0.25, 0.3) is 0 Å². The molecule has 1 aromatic carbocycles. The highest BCUT2D eigenvalue weighted by Crippen LogP contribution is 2.36. The molecule has 0 spiro atoms. The van der Waals surface area contributed by atoms with Gasteiger partial charge in [0.2, 0.25) is 0 Å². The summed E-state index contributed by atoms with van der Waals surface area (Å²) in [7, 11) is 0. The summed E-state index contributed by atoms with van der Waals surface area (Å²) >= 11 is 2.09. The van der Waals surface area contributed by atoms with E-state index in [0.717, 1.165) is 17.1 Å². The Morgan fingerprint density at radius 1 is 1.25 bits per heavy atom. The lowest BCUT2D eigenvalue weighted by Gasteiger charge is -2.35. The Morgan fingerprint density at radius 2 is 1.94 bits per heavy atom. The topological polar surface area (TPSA) is 9.23 Å². The Labute approximate surface area is 103 Å². The minimum Gasteiger partial charge on any atom is -0.373 e. The van der Waals surface area contributed by atoms with E-state index in [4.69, 9.17) is 4.74 Å². The Balaban J connectivity index is 1.63. The van der Waals surface area contributed by atoms with Crippen LogP contribution in [0, 0.1) is 0 Å². The molecule has 1 saturated carbocycles. The minimum atomic E-state index is 0.497. The molecule has 1 aromatic rings. The third-order valence-corrected chi connectivity index (χ3v) is 4.16. The molecule has 0 amide bonds. The predicted octanol–water partition coefficient (Wildman–Crippen LogP) is 3.88. The number of benzene rings is 1. The van der Waals surface area contributed by atoms with Gasteiger partial charge in [-0.2, -0.15) is 11.8 Å². The molecule has 0 bridgehead atoms. The van der Waals surface area contributed by atoms with Crippen molar-refractivity contribution in [2.45, 2.75) is 49.9 Å². The first-order valence-corrected chi connectivity index (χ1v) is 6.99. The molecule has 1 nitrogen and oxygen atoms in total. The quantitative estimate of drug-likeness (QED) is 0.767. The summed E-state index contributed by atoms with van der Waals surface area (Å²) in [5, 5.41) is 1.58. The summed E-state index contributed by atoms with van der Waals surface area (Å²) in [4.78, 5) is 0. The van der Waals surface area contributed by atoms with Crippen LogP contribution >= 0.6 is 11.8 Å². The van der Waals surface area contributed by atoms with Gasteiger partial charge in [0.1, 0.15) is 0 Å². The Kier molecular flexibility index (Phi) is 4.30. The number of hydrogen-bond acceptors (Lipinski definition) is 2. The predicted molar refractivity (Wildman–Crippen MR) is 70.8 cm³/mol. The third-order valence-electron chi connectivity index (χ3n) is 2.84. The molecule has 0 atom stereocenters. The molecule has 16 heavy (non-hydrogen) atoms. The van der Waals surface area contributed by atoms with Crippen LogP contribution in [0.15, 0.2) is 30.3 Å². The van der Waals surface area contributed by atoms with E-state index in [1.165, 1.54) is 18.4 Å². The van der Waals surface area contributed by atoms with Gasteiger partial charge in [-0.15, -0.1) is 0 Å². The van der Waals surface area contributed by atoms with Crippen LogP contribution in [0.25, 0.3) is 0 Å². The smallest absolute Gasteiger partial charge is 0.0720 e. The zero-order valence-electron chi connectivity index (χ0n) is 10.1. The Hall–Kier alpha value is -0.470. The van der Waals surface area contributed by atoms with Crippen molar-refractivity contribution in [3.05, 3.63) is 35.9 Å². The van der Waals surface area contributed by atoms with E-state index in [9.17, 15) is 0 Å². The molecule has 2 rings (SSSR count). The number of thioether (sulfide) groups is 1. The number of hydrogen-bond donors (Lipinski definition) is 0. The first-order valence-electron chi connectivity index (χ1n) is 6.05. The molecule has 1 aliphatic carbocycles. The highest BCUT2D eigenvalue weighted by Gasteiger charge is 2.30. The van der Waals surface area contributed by atoms with Crippen LogP contribution in [0.1, 0.15) is 32.3 Å². The average molecular weight is 236 g/mol. The monoisotopic (exact) mass is 236 g/mol. The van der Waals surface area contributed by atoms with Gasteiger partial charge in [0, 0.05) is 5.25 Å². The van der Waals surface area contributed by atoms with Crippen LogP contribution in [0.5, 0.6) is 0 Å². The summed E-state index contributed by atoms with van der Waals surface area (Å²) in [5.74, 6) is 0. The molecule has 88 valence electrons. The van der Waals surface area contributed by atoms with Gasteiger partial charge < -0.3 is 4.74 Å². The Bertz CT molecular complexity index is 304. The van der Waals surface area contributed by atoms with Gasteiger partial charge in [-0.1, -0.05) is 44.2 Å². The molecule has 1 aliphatic rings. The summed E-state index contributed by atoms with van der Waals surface area (Å²) in [6, 6.07) is 10.4. The van der Waals surface area contributed by atoms with Gasteiger partial charge >= 0.3 is 0 Å². The molecular formula is C14H20OS. The summed E-state index contributed by atoms with van der Waals surface area (Å²) in [6.45, 7) is 5.30. The largest absolute Gasteiger partial charge is 0.373 e. The normalized spacial score (nSPS) is 24.4.